The molecule has 7 heteroatoms. The van der Waals surface area contributed by atoms with E-state index in [1.165, 1.54) is 13.3 Å². The van der Waals surface area contributed by atoms with E-state index in [4.69, 9.17) is 22.1 Å². The first-order valence-corrected chi connectivity index (χ1v) is 6.17. The standard InChI is InChI=1S/C13H13ClN4O2/c1-20-9-4-2-3-8(14)12(9)13(19)17-7-11-16-6-5-10(15)18-11/h2-6H,7H2,1H3,(H,17,19)(H2,15,16,18). The van der Waals surface area contributed by atoms with Gasteiger partial charge in [-0.15, -0.1) is 0 Å². The number of methoxy groups -OCH3 is 1. The molecule has 0 saturated heterocycles. The van der Waals surface area contributed by atoms with Crippen molar-refractivity contribution in [3.05, 3.63) is 46.9 Å². The summed E-state index contributed by atoms with van der Waals surface area (Å²) in [5, 5.41) is 2.99. The molecule has 0 aliphatic heterocycles. The van der Waals surface area contributed by atoms with E-state index in [0.717, 1.165) is 0 Å². The summed E-state index contributed by atoms with van der Waals surface area (Å²) in [5.74, 6) is 0.811. The van der Waals surface area contributed by atoms with Gasteiger partial charge in [-0.1, -0.05) is 17.7 Å². The number of carbonyl (C=O) groups is 1. The number of nitrogens with two attached hydrogens (primary N) is 1. The Morgan fingerprint density at radius 2 is 2.25 bits per heavy atom. The maximum atomic E-state index is 12.1. The second-order valence-electron chi connectivity index (χ2n) is 3.90. The molecular weight excluding hydrogens is 280 g/mol. The highest BCUT2D eigenvalue weighted by molar-refractivity contribution is 6.34. The first-order chi connectivity index (χ1) is 9.61. The van der Waals surface area contributed by atoms with E-state index in [9.17, 15) is 4.79 Å². The van der Waals surface area contributed by atoms with Crippen molar-refractivity contribution in [2.75, 3.05) is 12.8 Å². The molecule has 0 aliphatic carbocycles. The van der Waals surface area contributed by atoms with E-state index >= 15 is 0 Å². The fourth-order valence-electron chi connectivity index (χ4n) is 1.64. The first-order valence-electron chi connectivity index (χ1n) is 5.80. The number of carbonyl (C=O) groups excluding carboxylic acids is 1. The molecule has 1 heterocycles. The lowest BCUT2D eigenvalue weighted by molar-refractivity contribution is 0.0947. The van der Waals surface area contributed by atoms with Crippen LogP contribution in [0.4, 0.5) is 5.82 Å². The van der Waals surface area contributed by atoms with Crippen molar-refractivity contribution in [3.63, 3.8) is 0 Å². The van der Waals surface area contributed by atoms with Gasteiger partial charge in [-0.25, -0.2) is 9.97 Å². The van der Waals surface area contributed by atoms with Crippen molar-refractivity contribution in [1.29, 1.82) is 0 Å². The summed E-state index contributed by atoms with van der Waals surface area (Å²) in [6, 6.07) is 6.56. The van der Waals surface area contributed by atoms with Gasteiger partial charge in [0.05, 0.1) is 24.2 Å². The largest absolute Gasteiger partial charge is 0.496 e. The monoisotopic (exact) mass is 292 g/mol. The third-order valence-electron chi connectivity index (χ3n) is 2.56. The van der Waals surface area contributed by atoms with Gasteiger partial charge in [-0.2, -0.15) is 0 Å². The maximum absolute atomic E-state index is 12.1. The Balaban J connectivity index is 2.13. The van der Waals surface area contributed by atoms with Gasteiger partial charge in [0.1, 0.15) is 17.4 Å². The lowest BCUT2D eigenvalue weighted by atomic mass is 10.2. The summed E-state index contributed by atoms with van der Waals surface area (Å²) in [5.41, 5.74) is 5.82. The van der Waals surface area contributed by atoms with Crippen molar-refractivity contribution in [3.8, 4) is 5.75 Å². The number of hydrogen-bond donors (Lipinski definition) is 2. The Hall–Kier alpha value is -2.34. The molecule has 2 aromatic rings. The molecule has 0 spiro atoms. The molecule has 0 fully saturated rings. The van der Waals surface area contributed by atoms with Crippen LogP contribution in [0.3, 0.4) is 0 Å². The van der Waals surface area contributed by atoms with Crippen LogP contribution in [0.5, 0.6) is 5.75 Å². The summed E-state index contributed by atoms with van der Waals surface area (Å²) in [4.78, 5) is 20.1. The van der Waals surface area contributed by atoms with Crippen LogP contribution in [0.1, 0.15) is 16.2 Å². The predicted octanol–water partition coefficient (Wildman–Crippen LogP) is 1.65. The lowest BCUT2D eigenvalue weighted by Crippen LogP contribution is -2.25. The molecule has 1 aromatic carbocycles. The molecule has 20 heavy (non-hydrogen) atoms. The zero-order chi connectivity index (χ0) is 14.5. The normalized spacial score (nSPS) is 10.1. The molecule has 0 bridgehead atoms. The number of nitrogens with zero attached hydrogens (tertiary/aromatic N) is 2. The van der Waals surface area contributed by atoms with Crippen LogP contribution in [0.25, 0.3) is 0 Å². The van der Waals surface area contributed by atoms with Gasteiger partial charge in [0.25, 0.3) is 5.91 Å². The van der Waals surface area contributed by atoms with Gasteiger partial charge in [0.15, 0.2) is 0 Å². The second-order valence-corrected chi connectivity index (χ2v) is 4.30. The van der Waals surface area contributed by atoms with Gasteiger partial charge < -0.3 is 15.8 Å². The predicted molar refractivity (Wildman–Crippen MR) is 75.6 cm³/mol. The fourth-order valence-corrected chi connectivity index (χ4v) is 1.89. The number of rotatable bonds is 4. The zero-order valence-corrected chi connectivity index (χ0v) is 11.5. The van der Waals surface area contributed by atoms with E-state index in [-0.39, 0.29) is 18.0 Å². The van der Waals surface area contributed by atoms with Crippen LogP contribution in [0, 0.1) is 0 Å². The van der Waals surface area contributed by atoms with Crippen LogP contribution in [0.15, 0.2) is 30.5 Å². The van der Waals surface area contributed by atoms with Crippen molar-refractivity contribution in [2.24, 2.45) is 0 Å². The van der Waals surface area contributed by atoms with Crippen LogP contribution < -0.4 is 15.8 Å². The molecule has 0 radical (unpaired) electrons. The van der Waals surface area contributed by atoms with Crippen LogP contribution >= 0.6 is 11.6 Å². The SMILES string of the molecule is COc1cccc(Cl)c1C(=O)NCc1nccc(N)n1. The van der Waals surface area contributed by atoms with Gasteiger partial charge in [-0.3, -0.25) is 4.79 Å². The molecule has 6 nitrogen and oxygen atoms in total. The number of benzene rings is 1. The van der Waals surface area contributed by atoms with Gasteiger partial charge in [0, 0.05) is 6.20 Å². The summed E-state index contributed by atoms with van der Waals surface area (Å²) in [6.07, 6.45) is 1.53. The molecule has 0 saturated carbocycles. The van der Waals surface area contributed by atoms with E-state index in [1.807, 2.05) is 0 Å². The minimum absolute atomic E-state index is 0.151. The third-order valence-corrected chi connectivity index (χ3v) is 2.87. The van der Waals surface area contributed by atoms with E-state index in [1.54, 1.807) is 24.3 Å². The topological polar surface area (TPSA) is 90.1 Å². The van der Waals surface area contributed by atoms with Crippen molar-refractivity contribution < 1.29 is 9.53 Å². The first kappa shape index (κ1) is 14.1. The van der Waals surface area contributed by atoms with E-state index < -0.39 is 0 Å². The molecule has 0 atom stereocenters. The molecule has 1 amide bonds. The smallest absolute Gasteiger partial charge is 0.256 e. The number of aromatic nitrogens is 2. The summed E-state index contributed by atoms with van der Waals surface area (Å²) < 4.78 is 5.12. The quantitative estimate of drug-likeness (QED) is 0.894. The average molecular weight is 293 g/mol. The molecule has 0 aliphatic rings. The Bertz CT molecular complexity index is 634. The van der Waals surface area contributed by atoms with E-state index in [2.05, 4.69) is 15.3 Å². The second kappa shape index (κ2) is 6.21. The maximum Gasteiger partial charge on any atom is 0.256 e. The average Bonchev–Trinajstić information content (AvgIpc) is 2.44. The molecule has 3 N–H and O–H groups in total. The Morgan fingerprint density at radius 1 is 1.45 bits per heavy atom. The minimum atomic E-state index is -0.363. The number of hydrogen-bond acceptors (Lipinski definition) is 5. The summed E-state index contributed by atoms with van der Waals surface area (Å²) >= 11 is 6.02. The third kappa shape index (κ3) is 3.16. The highest BCUT2D eigenvalue weighted by atomic mass is 35.5. The fraction of sp³-hybridized carbons (Fsp3) is 0.154. The lowest BCUT2D eigenvalue weighted by Gasteiger charge is -2.10. The highest BCUT2D eigenvalue weighted by Crippen LogP contribution is 2.25. The van der Waals surface area contributed by atoms with Crippen LogP contribution in [0.2, 0.25) is 5.02 Å². The number of amides is 1. The molecule has 2 rings (SSSR count). The highest BCUT2D eigenvalue weighted by Gasteiger charge is 2.16. The number of nitrogens with one attached hydrogen (secondary N) is 1. The van der Waals surface area contributed by atoms with E-state index in [0.29, 0.717) is 22.4 Å². The number of anilines is 1. The van der Waals surface area contributed by atoms with Crippen molar-refractivity contribution in [2.45, 2.75) is 6.54 Å². The molecule has 104 valence electrons. The molecule has 0 unspecified atom stereocenters. The minimum Gasteiger partial charge on any atom is -0.496 e. The number of ether oxygens (including phenoxy) is 1. The van der Waals surface area contributed by atoms with Gasteiger partial charge >= 0.3 is 0 Å². The zero-order valence-electron chi connectivity index (χ0n) is 10.8. The Morgan fingerprint density at radius 3 is 2.95 bits per heavy atom. The van der Waals surface area contributed by atoms with Crippen LogP contribution in [-0.4, -0.2) is 23.0 Å². The Kier molecular flexibility index (Phi) is 4.37. The summed E-state index contributed by atoms with van der Waals surface area (Å²) in [6.45, 7) is 0.151. The number of nitrogen functional groups attached to an aromatic ring is 1. The van der Waals surface area contributed by atoms with Gasteiger partial charge in [0.2, 0.25) is 0 Å². The summed E-state index contributed by atoms with van der Waals surface area (Å²) in [7, 11) is 1.48. The Labute approximate surface area is 120 Å². The van der Waals surface area contributed by atoms with Crippen LogP contribution in [-0.2, 0) is 6.54 Å². The molecule has 1 aromatic heterocycles. The van der Waals surface area contributed by atoms with Crippen molar-refractivity contribution >= 4 is 23.3 Å². The molecular formula is C13H13ClN4O2. The number of halogens is 1. The van der Waals surface area contributed by atoms with Crippen molar-refractivity contribution in [1.82, 2.24) is 15.3 Å². The van der Waals surface area contributed by atoms with Gasteiger partial charge in [-0.05, 0) is 18.2 Å².